The summed E-state index contributed by atoms with van der Waals surface area (Å²) < 4.78 is 16.5. The van der Waals surface area contributed by atoms with Crippen LogP contribution in [-0.4, -0.2) is 50.3 Å². The molecule has 0 saturated carbocycles. The van der Waals surface area contributed by atoms with E-state index in [4.69, 9.17) is 19.2 Å². The summed E-state index contributed by atoms with van der Waals surface area (Å²) >= 11 is 0. The van der Waals surface area contributed by atoms with Gasteiger partial charge in [0.25, 0.3) is 5.91 Å². The van der Waals surface area contributed by atoms with Crippen LogP contribution in [-0.2, 0) is 0 Å². The molecule has 0 spiro atoms. The van der Waals surface area contributed by atoms with Gasteiger partial charge in [0.15, 0.2) is 0 Å². The lowest BCUT2D eigenvalue weighted by Gasteiger charge is -2.26. The molecule has 1 aromatic carbocycles. The summed E-state index contributed by atoms with van der Waals surface area (Å²) in [5, 5.41) is 10.8. The van der Waals surface area contributed by atoms with Crippen molar-refractivity contribution in [2.24, 2.45) is 0 Å². The second-order valence-corrected chi connectivity index (χ2v) is 9.04. The number of aromatic nitrogens is 2. The average molecular weight is 501 g/mol. The molecule has 0 bridgehead atoms. The van der Waals surface area contributed by atoms with E-state index in [0.717, 1.165) is 37.2 Å². The van der Waals surface area contributed by atoms with Crippen molar-refractivity contribution in [3.05, 3.63) is 58.8 Å². The normalized spacial score (nSPS) is 15.1. The molecule has 1 amide bonds. The van der Waals surface area contributed by atoms with Crippen LogP contribution in [0.2, 0.25) is 0 Å². The lowest BCUT2D eigenvalue weighted by molar-refractivity contribution is 0.0965. The van der Waals surface area contributed by atoms with Gasteiger partial charge in [0.05, 0.1) is 43.8 Å². The smallest absolute Gasteiger partial charge is 0.281 e. The van der Waals surface area contributed by atoms with Gasteiger partial charge in [-0.2, -0.15) is 4.98 Å². The largest absolute Gasteiger partial charge is 0.495 e. The van der Waals surface area contributed by atoms with Crippen LogP contribution in [0.1, 0.15) is 45.8 Å². The molecule has 2 N–H and O–H groups in total. The summed E-state index contributed by atoms with van der Waals surface area (Å²) in [4.78, 5) is 22.1. The van der Waals surface area contributed by atoms with E-state index in [1.165, 1.54) is 11.8 Å². The first kappa shape index (κ1) is 24.6. The Kier molecular flexibility index (Phi) is 6.96. The fourth-order valence-corrected chi connectivity index (χ4v) is 4.96. The predicted octanol–water partition coefficient (Wildman–Crippen LogP) is 4.42. The molecule has 0 atom stereocenters. The van der Waals surface area contributed by atoms with E-state index in [0.29, 0.717) is 51.6 Å². The number of nitrogens with zero attached hydrogens (tertiary/aromatic N) is 3. The molecular weight excluding hydrogens is 470 g/mol. The van der Waals surface area contributed by atoms with Crippen LogP contribution in [0.3, 0.4) is 0 Å². The van der Waals surface area contributed by atoms with E-state index >= 15 is 0 Å². The maximum atomic E-state index is 12.8. The monoisotopic (exact) mass is 500 g/mol. The molecule has 37 heavy (non-hydrogen) atoms. The van der Waals surface area contributed by atoms with Crippen molar-refractivity contribution in [1.82, 2.24) is 20.6 Å². The minimum Gasteiger partial charge on any atom is -0.495 e. The summed E-state index contributed by atoms with van der Waals surface area (Å²) in [6.07, 6.45) is 5.47. The Morgan fingerprint density at radius 3 is 2.54 bits per heavy atom. The van der Waals surface area contributed by atoms with Crippen LogP contribution in [0, 0.1) is 6.92 Å². The minimum absolute atomic E-state index is 0.360. The number of amides is 1. The molecule has 2 aromatic heterocycles. The zero-order valence-electron chi connectivity index (χ0n) is 21.4. The number of piperidine rings is 1. The van der Waals surface area contributed by atoms with Gasteiger partial charge in [-0.3, -0.25) is 4.79 Å². The average Bonchev–Trinajstić information content (AvgIpc) is 2.93. The van der Waals surface area contributed by atoms with E-state index in [1.54, 1.807) is 33.5 Å². The lowest BCUT2D eigenvalue weighted by atomic mass is 9.87. The zero-order valence-corrected chi connectivity index (χ0v) is 21.4. The molecule has 191 valence electrons. The van der Waals surface area contributed by atoms with E-state index in [2.05, 4.69) is 40.0 Å². The molecule has 1 fully saturated rings. The molecule has 9 nitrogen and oxygen atoms in total. The molecule has 0 aliphatic carbocycles. The molecule has 1 saturated heterocycles. The Balaban J connectivity index is 1.60. The Hall–Kier alpha value is -4.11. The number of ether oxygens (including phenoxy) is 3. The molecule has 2 aliphatic rings. The van der Waals surface area contributed by atoms with Gasteiger partial charge in [-0.05, 0) is 85.8 Å². The topological polar surface area (TPSA) is 109 Å². The van der Waals surface area contributed by atoms with E-state index < -0.39 is 0 Å². The highest BCUT2D eigenvalue weighted by Gasteiger charge is 2.25. The Morgan fingerprint density at radius 2 is 1.81 bits per heavy atom. The number of carbonyl (C=O) groups is 1. The molecule has 1 radical (unpaired) electrons. The summed E-state index contributed by atoms with van der Waals surface area (Å²) in [6.45, 7) is 4.13. The first-order valence-electron chi connectivity index (χ1n) is 12.2. The van der Waals surface area contributed by atoms with E-state index in [1.807, 2.05) is 12.1 Å². The van der Waals surface area contributed by atoms with Crippen molar-refractivity contribution >= 4 is 23.5 Å². The van der Waals surface area contributed by atoms with Gasteiger partial charge in [-0.15, -0.1) is 0 Å². The number of anilines is 2. The standard InChI is InChI=1S/C28H30N5O4/c1-16-13-22(23(35-2)15-20(16)17-7-10-29-11-8-17)32-26-25-18(9-12-30-27(25)34)14-21(31-26)19-5-6-24(36-3)33-28(19)37-4/h5-6,9,12-15,17,29H,7-8,10-11H2,1-4H3,(H,31,32). The first-order chi connectivity index (χ1) is 18.0. The zero-order chi connectivity index (χ0) is 25.9. The SMILES string of the molecule is COc1ccc(-c2cc3c(c(Nc4cc(C)c(C5CCNCC5)cc4OC)n2)C(=O)[N]C=C3)c(OC)n1. The van der Waals surface area contributed by atoms with Crippen molar-refractivity contribution in [1.29, 1.82) is 0 Å². The summed E-state index contributed by atoms with van der Waals surface area (Å²) in [5.74, 6) is 2.00. The fourth-order valence-electron chi connectivity index (χ4n) is 4.96. The highest BCUT2D eigenvalue weighted by atomic mass is 16.5. The third kappa shape index (κ3) is 4.82. The lowest BCUT2D eigenvalue weighted by Crippen LogP contribution is -2.27. The summed E-state index contributed by atoms with van der Waals surface area (Å²) in [7, 11) is 4.74. The quantitative estimate of drug-likeness (QED) is 0.491. The predicted molar refractivity (Wildman–Crippen MR) is 142 cm³/mol. The Bertz CT molecular complexity index is 1370. The van der Waals surface area contributed by atoms with Crippen molar-refractivity contribution in [3.63, 3.8) is 0 Å². The number of benzene rings is 1. The second-order valence-electron chi connectivity index (χ2n) is 9.04. The van der Waals surface area contributed by atoms with Crippen molar-refractivity contribution in [3.8, 4) is 28.8 Å². The summed E-state index contributed by atoms with van der Waals surface area (Å²) in [5.41, 5.74) is 5.54. The van der Waals surface area contributed by atoms with Crippen molar-refractivity contribution in [2.75, 3.05) is 39.7 Å². The van der Waals surface area contributed by atoms with E-state index in [9.17, 15) is 4.79 Å². The van der Waals surface area contributed by atoms with Gasteiger partial charge >= 0.3 is 0 Å². The number of methoxy groups -OCH3 is 3. The van der Waals surface area contributed by atoms with Crippen molar-refractivity contribution < 1.29 is 19.0 Å². The molecule has 3 aromatic rings. The molecular formula is C28H30N5O4. The van der Waals surface area contributed by atoms with Gasteiger partial charge in [0, 0.05) is 12.3 Å². The van der Waals surface area contributed by atoms with Crippen LogP contribution in [0.25, 0.3) is 17.3 Å². The fraction of sp³-hybridized carbons (Fsp3) is 0.321. The van der Waals surface area contributed by atoms with Gasteiger partial charge in [0.2, 0.25) is 11.8 Å². The summed E-state index contributed by atoms with van der Waals surface area (Å²) in [6, 6.07) is 9.58. The third-order valence-electron chi connectivity index (χ3n) is 6.84. The first-order valence-corrected chi connectivity index (χ1v) is 12.2. The Morgan fingerprint density at radius 1 is 1.00 bits per heavy atom. The number of hydrogen-bond donors (Lipinski definition) is 2. The number of rotatable bonds is 7. The van der Waals surface area contributed by atoms with Gasteiger partial charge in [-0.25, -0.2) is 10.3 Å². The highest BCUT2D eigenvalue weighted by Crippen LogP contribution is 2.39. The minimum atomic E-state index is -0.360. The van der Waals surface area contributed by atoms with Gasteiger partial charge < -0.3 is 24.8 Å². The number of pyridine rings is 2. The van der Waals surface area contributed by atoms with E-state index in [-0.39, 0.29) is 5.91 Å². The van der Waals surface area contributed by atoms with Gasteiger partial charge in [-0.1, -0.05) is 0 Å². The van der Waals surface area contributed by atoms with Crippen LogP contribution in [0.4, 0.5) is 11.5 Å². The number of nitrogens with one attached hydrogen (secondary N) is 2. The van der Waals surface area contributed by atoms with Crippen LogP contribution < -0.4 is 30.2 Å². The molecule has 4 heterocycles. The van der Waals surface area contributed by atoms with Crippen LogP contribution in [0.5, 0.6) is 17.5 Å². The number of aryl methyl sites for hydroxylation is 1. The van der Waals surface area contributed by atoms with Gasteiger partial charge in [0.1, 0.15) is 11.6 Å². The number of hydrogen-bond acceptors (Lipinski definition) is 8. The maximum Gasteiger partial charge on any atom is 0.281 e. The third-order valence-corrected chi connectivity index (χ3v) is 6.84. The number of fused-ring (bicyclic) bond motifs is 1. The Labute approximate surface area is 216 Å². The molecule has 2 aliphatic heterocycles. The molecule has 5 rings (SSSR count). The molecule has 0 unspecified atom stereocenters. The number of carbonyl (C=O) groups excluding carboxylic acids is 1. The van der Waals surface area contributed by atoms with Crippen LogP contribution >= 0.6 is 0 Å². The maximum absolute atomic E-state index is 12.8. The van der Waals surface area contributed by atoms with Crippen molar-refractivity contribution in [2.45, 2.75) is 25.7 Å². The molecule has 9 heteroatoms. The van der Waals surface area contributed by atoms with Crippen LogP contribution in [0.15, 0.2) is 36.5 Å². The highest BCUT2D eigenvalue weighted by molar-refractivity contribution is 6.05. The second kappa shape index (κ2) is 10.5.